The predicted octanol–water partition coefficient (Wildman–Crippen LogP) is 3.19. The van der Waals surface area contributed by atoms with Gasteiger partial charge in [-0.15, -0.1) is 0 Å². The van der Waals surface area contributed by atoms with Crippen LogP contribution in [0, 0.1) is 0 Å². The molecule has 4 heteroatoms. The van der Waals surface area contributed by atoms with Crippen molar-refractivity contribution in [1.29, 1.82) is 0 Å². The third kappa shape index (κ3) is 6.57. The van der Waals surface area contributed by atoms with Gasteiger partial charge in [0.05, 0.1) is 6.33 Å². The minimum absolute atomic E-state index is 0.155. The Morgan fingerprint density at radius 3 is 2.68 bits per heavy atom. The molecular weight excluding hydrogens is 274 g/mol. The summed E-state index contributed by atoms with van der Waals surface area (Å²) in [5.74, 6) is 0.155. The Morgan fingerprint density at radius 2 is 1.91 bits per heavy atom. The summed E-state index contributed by atoms with van der Waals surface area (Å²) in [4.78, 5) is 15.8. The van der Waals surface area contributed by atoms with E-state index in [-0.39, 0.29) is 5.91 Å². The molecule has 0 fully saturated rings. The lowest BCUT2D eigenvalue weighted by Crippen LogP contribution is -2.24. The van der Waals surface area contributed by atoms with Crippen LogP contribution in [0.1, 0.15) is 37.7 Å². The molecule has 118 valence electrons. The number of rotatable bonds is 10. The standard InChI is InChI=1S/C18H25N3O/c22-18(11-10-17-8-4-3-5-9-17)20-12-6-1-2-7-14-21-15-13-19-16-21/h3-5,8-9,13,15-16H,1-2,6-7,10-12,14H2,(H,20,22). The molecule has 1 aromatic heterocycles. The lowest BCUT2D eigenvalue weighted by Gasteiger charge is -2.06. The van der Waals surface area contributed by atoms with Gasteiger partial charge in [-0.2, -0.15) is 0 Å². The van der Waals surface area contributed by atoms with E-state index in [0.717, 1.165) is 38.8 Å². The quantitative estimate of drug-likeness (QED) is 0.685. The number of carbonyl (C=O) groups is 1. The van der Waals surface area contributed by atoms with E-state index >= 15 is 0 Å². The number of imidazole rings is 1. The van der Waals surface area contributed by atoms with Gasteiger partial charge < -0.3 is 9.88 Å². The van der Waals surface area contributed by atoms with Crippen LogP contribution >= 0.6 is 0 Å². The molecule has 2 aromatic rings. The summed E-state index contributed by atoms with van der Waals surface area (Å²) in [5, 5.41) is 3.00. The van der Waals surface area contributed by atoms with Crippen molar-refractivity contribution in [1.82, 2.24) is 14.9 Å². The van der Waals surface area contributed by atoms with Gasteiger partial charge in [0.2, 0.25) is 5.91 Å². The molecule has 0 radical (unpaired) electrons. The van der Waals surface area contributed by atoms with Crippen molar-refractivity contribution in [2.24, 2.45) is 0 Å². The van der Waals surface area contributed by atoms with Crippen molar-refractivity contribution in [3.63, 3.8) is 0 Å². The Hall–Kier alpha value is -2.10. The minimum Gasteiger partial charge on any atom is -0.356 e. The zero-order chi connectivity index (χ0) is 15.5. The highest BCUT2D eigenvalue weighted by Gasteiger charge is 2.01. The normalized spacial score (nSPS) is 10.5. The summed E-state index contributed by atoms with van der Waals surface area (Å²) < 4.78 is 2.10. The van der Waals surface area contributed by atoms with Gasteiger partial charge >= 0.3 is 0 Å². The fourth-order valence-electron chi connectivity index (χ4n) is 2.41. The molecule has 0 unspecified atom stereocenters. The SMILES string of the molecule is O=C(CCc1ccccc1)NCCCCCCn1ccnc1. The van der Waals surface area contributed by atoms with Crippen molar-refractivity contribution < 1.29 is 4.79 Å². The predicted molar refractivity (Wildman–Crippen MR) is 88.5 cm³/mol. The number of amides is 1. The highest BCUT2D eigenvalue weighted by Crippen LogP contribution is 2.03. The van der Waals surface area contributed by atoms with E-state index in [0.29, 0.717) is 6.42 Å². The first-order valence-corrected chi connectivity index (χ1v) is 8.11. The molecule has 1 aromatic carbocycles. The third-order valence-corrected chi connectivity index (χ3v) is 3.71. The maximum Gasteiger partial charge on any atom is 0.220 e. The van der Waals surface area contributed by atoms with Crippen LogP contribution in [-0.2, 0) is 17.8 Å². The van der Waals surface area contributed by atoms with Crippen LogP contribution in [0.3, 0.4) is 0 Å². The zero-order valence-corrected chi connectivity index (χ0v) is 13.1. The first kappa shape index (κ1) is 16.3. The van der Waals surface area contributed by atoms with Crippen LogP contribution in [0.5, 0.6) is 0 Å². The number of unbranched alkanes of at least 4 members (excludes halogenated alkanes) is 3. The fourth-order valence-corrected chi connectivity index (χ4v) is 2.41. The van der Waals surface area contributed by atoms with E-state index in [1.165, 1.54) is 12.0 Å². The maximum atomic E-state index is 11.7. The van der Waals surface area contributed by atoms with E-state index in [1.54, 1.807) is 0 Å². The van der Waals surface area contributed by atoms with E-state index in [9.17, 15) is 4.79 Å². The van der Waals surface area contributed by atoms with Gasteiger partial charge in [0.15, 0.2) is 0 Å². The highest BCUT2D eigenvalue weighted by atomic mass is 16.1. The number of nitrogens with one attached hydrogen (secondary N) is 1. The Bertz CT molecular complexity index is 523. The molecule has 1 N–H and O–H groups in total. The molecular formula is C18H25N3O. The van der Waals surface area contributed by atoms with E-state index in [2.05, 4.69) is 27.0 Å². The second-order valence-corrected chi connectivity index (χ2v) is 5.55. The molecule has 0 bridgehead atoms. The fraction of sp³-hybridized carbons (Fsp3) is 0.444. The number of benzene rings is 1. The largest absolute Gasteiger partial charge is 0.356 e. The average molecular weight is 299 g/mol. The lowest BCUT2D eigenvalue weighted by atomic mass is 10.1. The number of aromatic nitrogens is 2. The number of hydrogen-bond donors (Lipinski definition) is 1. The molecule has 22 heavy (non-hydrogen) atoms. The lowest BCUT2D eigenvalue weighted by molar-refractivity contribution is -0.121. The van der Waals surface area contributed by atoms with Crippen molar-refractivity contribution in [3.05, 3.63) is 54.6 Å². The summed E-state index contributed by atoms with van der Waals surface area (Å²) in [6, 6.07) is 10.1. The van der Waals surface area contributed by atoms with Crippen LogP contribution in [0.2, 0.25) is 0 Å². The molecule has 0 saturated carbocycles. The van der Waals surface area contributed by atoms with Crippen molar-refractivity contribution in [2.45, 2.75) is 45.1 Å². The molecule has 4 nitrogen and oxygen atoms in total. The second kappa shape index (κ2) is 9.77. The molecule has 2 rings (SSSR count). The Balaban J connectivity index is 1.43. The average Bonchev–Trinajstić information content (AvgIpc) is 3.06. The van der Waals surface area contributed by atoms with Gasteiger partial charge in [0.1, 0.15) is 0 Å². The summed E-state index contributed by atoms with van der Waals surface area (Å²) in [6.45, 7) is 1.82. The van der Waals surface area contributed by atoms with E-state index < -0.39 is 0 Å². The van der Waals surface area contributed by atoms with Crippen LogP contribution in [0.15, 0.2) is 49.1 Å². The monoisotopic (exact) mass is 299 g/mol. The Kier molecular flexibility index (Phi) is 7.22. The van der Waals surface area contributed by atoms with Crippen LogP contribution in [0.4, 0.5) is 0 Å². The minimum atomic E-state index is 0.155. The van der Waals surface area contributed by atoms with Crippen LogP contribution < -0.4 is 5.32 Å². The molecule has 1 amide bonds. The number of aryl methyl sites for hydroxylation is 2. The van der Waals surface area contributed by atoms with Gasteiger partial charge in [-0.05, 0) is 24.8 Å². The van der Waals surface area contributed by atoms with Gasteiger partial charge in [-0.25, -0.2) is 4.98 Å². The van der Waals surface area contributed by atoms with Crippen molar-refractivity contribution >= 4 is 5.91 Å². The van der Waals surface area contributed by atoms with Crippen LogP contribution in [0.25, 0.3) is 0 Å². The molecule has 1 heterocycles. The van der Waals surface area contributed by atoms with E-state index in [1.807, 2.05) is 36.9 Å². The Morgan fingerprint density at radius 1 is 1.09 bits per heavy atom. The molecule has 0 saturated heterocycles. The molecule has 0 spiro atoms. The van der Waals surface area contributed by atoms with Crippen molar-refractivity contribution in [2.75, 3.05) is 6.54 Å². The van der Waals surface area contributed by atoms with E-state index in [4.69, 9.17) is 0 Å². The first-order chi connectivity index (χ1) is 10.8. The Labute approximate surface area is 132 Å². The van der Waals surface area contributed by atoms with Gasteiger partial charge in [0.25, 0.3) is 0 Å². The highest BCUT2D eigenvalue weighted by molar-refractivity contribution is 5.76. The smallest absolute Gasteiger partial charge is 0.220 e. The first-order valence-electron chi connectivity index (χ1n) is 8.11. The zero-order valence-electron chi connectivity index (χ0n) is 13.1. The summed E-state index contributed by atoms with van der Waals surface area (Å²) >= 11 is 0. The summed E-state index contributed by atoms with van der Waals surface area (Å²) in [5.41, 5.74) is 1.22. The van der Waals surface area contributed by atoms with Crippen LogP contribution in [-0.4, -0.2) is 22.0 Å². The second-order valence-electron chi connectivity index (χ2n) is 5.55. The molecule has 0 aliphatic carbocycles. The summed E-state index contributed by atoms with van der Waals surface area (Å²) in [7, 11) is 0. The van der Waals surface area contributed by atoms with Crippen molar-refractivity contribution in [3.8, 4) is 0 Å². The summed E-state index contributed by atoms with van der Waals surface area (Å²) in [6.07, 6.45) is 11.6. The molecule has 0 atom stereocenters. The topological polar surface area (TPSA) is 46.9 Å². The van der Waals surface area contributed by atoms with Gasteiger partial charge in [-0.1, -0.05) is 43.2 Å². The van der Waals surface area contributed by atoms with Gasteiger partial charge in [0, 0.05) is 31.9 Å². The third-order valence-electron chi connectivity index (χ3n) is 3.71. The number of hydrogen-bond acceptors (Lipinski definition) is 2. The molecule has 0 aliphatic rings. The number of carbonyl (C=O) groups excluding carboxylic acids is 1. The molecule has 0 aliphatic heterocycles. The number of nitrogens with zero attached hydrogens (tertiary/aromatic N) is 2. The van der Waals surface area contributed by atoms with Gasteiger partial charge in [-0.3, -0.25) is 4.79 Å². The maximum absolute atomic E-state index is 11.7.